The number of anilines is 2. The maximum Gasteiger partial charge on any atom is 0.231 e. The Bertz CT molecular complexity index is 733. The average molecular weight is 299 g/mol. The van der Waals surface area contributed by atoms with Gasteiger partial charge in [0.1, 0.15) is 5.75 Å². The summed E-state index contributed by atoms with van der Waals surface area (Å²) >= 11 is 1.37. The van der Waals surface area contributed by atoms with Crippen LogP contribution >= 0.6 is 11.3 Å². The third-order valence-electron chi connectivity index (χ3n) is 3.19. The Morgan fingerprint density at radius 1 is 1.52 bits per heavy atom. The summed E-state index contributed by atoms with van der Waals surface area (Å²) in [6.07, 6.45) is 5.69. The van der Waals surface area contributed by atoms with Gasteiger partial charge in [0, 0.05) is 10.9 Å². The fourth-order valence-corrected chi connectivity index (χ4v) is 2.78. The summed E-state index contributed by atoms with van der Waals surface area (Å²) in [7, 11) is 0. The molecule has 106 valence electrons. The predicted octanol–water partition coefficient (Wildman–Crippen LogP) is 2.14. The van der Waals surface area contributed by atoms with E-state index in [4.69, 9.17) is 16.9 Å². The molecule has 0 aliphatic carbocycles. The highest BCUT2D eigenvalue weighted by Gasteiger charge is 2.23. The highest BCUT2D eigenvalue weighted by Crippen LogP contribution is 2.35. The molecule has 1 aliphatic heterocycles. The molecule has 0 fully saturated rings. The Kier molecular flexibility index (Phi) is 3.50. The minimum atomic E-state index is -0.0401. The molecule has 6 heteroatoms. The standard InChI is InChI=1S/C15H13N3O2S/c1-2-6-18-12-8-10(11-9-21-15(16)17-11)3-4-13(12)20-7-5-14(18)19/h1,3-4,8-9H,5-7H2,(H2,16,17). The second-order valence-corrected chi connectivity index (χ2v) is 5.43. The number of ether oxygens (including phenoxy) is 1. The summed E-state index contributed by atoms with van der Waals surface area (Å²) in [6, 6.07) is 5.60. The lowest BCUT2D eigenvalue weighted by molar-refractivity contribution is -0.118. The number of hydrogen-bond donors (Lipinski definition) is 1. The van der Waals surface area contributed by atoms with E-state index in [0.29, 0.717) is 29.6 Å². The maximum absolute atomic E-state index is 12.1. The van der Waals surface area contributed by atoms with E-state index in [1.54, 1.807) is 4.90 Å². The van der Waals surface area contributed by atoms with E-state index in [2.05, 4.69) is 10.9 Å². The van der Waals surface area contributed by atoms with E-state index in [0.717, 1.165) is 11.3 Å². The van der Waals surface area contributed by atoms with Crippen molar-refractivity contribution in [3.63, 3.8) is 0 Å². The van der Waals surface area contributed by atoms with Gasteiger partial charge in [0.2, 0.25) is 5.91 Å². The Hall–Kier alpha value is -2.52. The van der Waals surface area contributed by atoms with Gasteiger partial charge in [-0.15, -0.1) is 17.8 Å². The molecule has 1 aromatic carbocycles. The van der Waals surface area contributed by atoms with Crippen LogP contribution < -0.4 is 15.4 Å². The van der Waals surface area contributed by atoms with E-state index < -0.39 is 0 Å². The number of benzene rings is 1. The SMILES string of the molecule is C#CCN1C(=O)CCOc2ccc(-c3csc(N)n3)cc21. The van der Waals surface area contributed by atoms with Gasteiger partial charge in [-0.25, -0.2) is 4.98 Å². The van der Waals surface area contributed by atoms with Crippen molar-refractivity contribution in [1.29, 1.82) is 0 Å². The van der Waals surface area contributed by atoms with Gasteiger partial charge in [-0.3, -0.25) is 9.69 Å². The van der Waals surface area contributed by atoms with Gasteiger partial charge in [0.25, 0.3) is 0 Å². The molecule has 21 heavy (non-hydrogen) atoms. The maximum atomic E-state index is 12.1. The Labute approximate surface area is 126 Å². The zero-order valence-corrected chi connectivity index (χ0v) is 12.0. The summed E-state index contributed by atoms with van der Waals surface area (Å²) in [5, 5.41) is 2.38. The number of amides is 1. The molecule has 2 aromatic rings. The molecule has 3 rings (SSSR count). The molecule has 1 amide bonds. The number of nitrogens with zero attached hydrogens (tertiary/aromatic N) is 2. The van der Waals surface area contributed by atoms with E-state index in [9.17, 15) is 4.79 Å². The van der Waals surface area contributed by atoms with Crippen LogP contribution in [0.5, 0.6) is 5.75 Å². The van der Waals surface area contributed by atoms with Crippen LogP contribution in [0.4, 0.5) is 10.8 Å². The van der Waals surface area contributed by atoms with Crippen molar-refractivity contribution < 1.29 is 9.53 Å². The van der Waals surface area contributed by atoms with Crippen LogP contribution in [0.3, 0.4) is 0 Å². The number of carbonyl (C=O) groups is 1. The number of nitrogen functional groups attached to an aromatic ring is 1. The minimum Gasteiger partial charge on any atom is -0.491 e. The molecule has 0 spiro atoms. The monoisotopic (exact) mass is 299 g/mol. The first-order valence-electron chi connectivity index (χ1n) is 6.41. The number of carbonyl (C=O) groups excluding carboxylic acids is 1. The lowest BCUT2D eigenvalue weighted by Gasteiger charge is -2.19. The van der Waals surface area contributed by atoms with Crippen LogP contribution in [0.25, 0.3) is 11.3 Å². The zero-order valence-electron chi connectivity index (χ0n) is 11.2. The topological polar surface area (TPSA) is 68.5 Å². The lowest BCUT2D eigenvalue weighted by Crippen LogP contribution is -2.30. The number of fused-ring (bicyclic) bond motifs is 1. The Balaban J connectivity index is 2.08. The minimum absolute atomic E-state index is 0.0401. The second kappa shape index (κ2) is 5.46. The summed E-state index contributed by atoms with van der Waals surface area (Å²) in [5.74, 6) is 3.13. The normalized spacial score (nSPS) is 14.0. The first kappa shape index (κ1) is 13.5. The van der Waals surface area contributed by atoms with Crippen LogP contribution in [-0.4, -0.2) is 24.0 Å². The van der Waals surface area contributed by atoms with E-state index in [-0.39, 0.29) is 12.5 Å². The molecule has 1 aromatic heterocycles. The van der Waals surface area contributed by atoms with Crippen molar-refractivity contribution in [2.75, 3.05) is 23.8 Å². The molecule has 2 N–H and O–H groups in total. The fourth-order valence-electron chi connectivity index (χ4n) is 2.21. The van der Waals surface area contributed by atoms with Gasteiger partial charge >= 0.3 is 0 Å². The molecule has 0 atom stereocenters. The molecule has 0 unspecified atom stereocenters. The van der Waals surface area contributed by atoms with Crippen molar-refractivity contribution in [3.8, 4) is 29.4 Å². The van der Waals surface area contributed by atoms with Crippen LogP contribution in [0.2, 0.25) is 0 Å². The van der Waals surface area contributed by atoms with Crippen LogP contribution in [0.15, 0.2) is 23.6 Å². The molecule has 5 nitrogen and oxygen atoms in total. The molecule has 0 saturated heterocycles. The Morgan fingerprint density at radius 3 is 3.10 bits per heavy atom. The number of rotatable bonds is 2. The van der Waals surface area contributed by atoms with E-state index in [1.807, 2.05) is 23.6 Å². The number of nitrogens with two attached hydrogens (primary N) is 1. The van der Waals surface area contributed by atoms with E-state index >= 15 is 0 Å². The van der Waals surface area contributed by atoms with Gasteiger partial charge < -0.3 is 10.5 Å². The summed E-state index contributed by atoms with van der Waals surface area (Å²) < 4.78 is 5.62. The van der Waals surface area contributed by atoms with Crippen LogP contribution in [0, 0.1) is 12.3 Å². The predicted molar refractivity (Wildman–Crippen MR) is 83.3 cm³/mol. The molecular formula is C15H13N3O2S. The number of terminal acetylenes is 1. The van der Waals surface area contributed by atoms with Gasteiger partial charge in [-0.2, -0.15) is 0 Å². The summed E-state index contributed by atoms with van der Waals surface area (Å²) in [4.78, 5) is 18.0. The highest BCUT2D eigenvalue weighted by molar-refractivity contribution is 7.13. The lowest BCUT2D eigenvalue weighted by atomic mass is 10.1. The Morgan fingerprint density at radius 2 is 2.38 bits per heavy atom. The van der Waals surface area contributed by atoms with Gasteiger partial charge in [-0.1, -0.05) is 5.92 Å². The van der Waals surface area contributed by atoms with Crippen molar-refractivity contribution in [2.45, 2.75) is 6.42 Å². The van der Waals surface area contributed by atoms with Crippen LogP contribution in [-0.2, 0) is 4.79 Å². The third kappa shape index (κ3) is 2.56. The number of thiazole rings is 1. The molecule has 0 saturated carbocycles. The molecule has 0 radical (unpaired) electrons. The number of aromatic nitrogens is 1. The first-order valence-corrected chi connectivity index (χ1v) is 7.29. The largest absolute Gasteiger partial charge is 0.491 e. The average Bonchev–Trinajstić information content (AvgIpc) is 2.85. The van der Waals surface area contributed by atoms with Gasteiger partial charge in [0.05, 0.1) is 31.0 Å². The third-order valence-corrected chi connectivity index (χ3v) is 3.87. The fraction of sp³-hybridized carbons (Fsp3) is 0.200. The molecule has 1 aliphatic rings. The van der Waals surface area contributed by atoms with Crippen molar-refractivity contribution >= 4 is 28.1 Å². The smallest absolute Gasteiger partial charge is 0.231 e. The molecule has 2 heterocycles. The molecule has 0 bridgehead atoms. The zero-order chi connectivity index (χ0) is 14.8. The summed E-state index contributed by atoms with van der Waals surface area (Å²) in [6.45, 7) is 0.577. The van der Waals surface area contributed by atoms with Crippen LogP contribution in [0.1, 0.15) is 6.42 Å². The summed E-state index contributed by atoms with van der Waals surface area (Å²) in [5.41, 5.74) is 8.00. The molecular weight excluding hydrogens is 286 g/mol. The quantitative estimate of drug-likeness (QED) is 0.863. The van der Waals surface area contributed by atoms with Crippen molar-refractivity contribution in [1.82, 2.24) is 4.98 Å². The van der Waals surface area contributed by atoms with E-state index in [1.165, 1.54) is 11.3 Å². The first-order chi connectivity index (χ1) is 10.2. The number of hydrogen-bond acceptors (Lipinski definition) is 5. The second-order valence-electron chi connectivity index (χ2n) is 4.54. The van der Waals surface area contributed by atoms with Gasteiger partial charge in [0.15, 0.2) is 5.13 Å². The van der Waals surface area contributed by atoms with Crippen molar-refractivity contribution in [3.05, 3.63) is 23.6 Å². The highest BCUT2D eigenvalue weighted by atomic mass is 32.1. The van der Waals surface area contributed by atoms with Gasteiger partial charge in [-0.05, 0) is 18.2 Å². The van der Waals surface area contributed by atoms with Crippen molar-refractivity contribution in [2.24, 2.45) is 0 Å².